The van der Waals surface area contributed by atoms with Gasteiger partial charge in [-0.05, 0) is 51.8 Å². The lowest BCUT2D eigenvalue weighted by atomic mass is 9.98. The van der Waals surface area contributed by atoms with Crippen LogP contribution in [0.15, 0.2) is 6.07 Å². The van der Waals surface area contributed by atoms with Crippen molar-refractivity contribution >= 4 is 5.69 Å². The first-order valence-corrected chi connectivity index (χ1v) is 6.53. The number of nitrogens with zero attached hydrogens (tertiary/aromatic N) is 2. The van der Waals surface area contributed by atoms with Crippen molar-refractivity contribution in [2.75, 3.05) is 25.0 Å². The number of anilines is 1. The molecule has 1 fully saturated rings. The summed E-state index contributed by atoms with van der Waals surface area (Å²) in [6.07, 6.45) is 2.41. The Hall–Kier alpha value is -1.60. The van der Waals surface area contributed by atoms with Crippen molar-refractivity contribution in [3.63, 3.8) is 0 Å². The number of aromatic nitrogens is 1. The van der Waals surface area contributed by atoms with Crippen LogP contribution in [-0.4, -0.2) is 24.6 Å². The van der Waals surface area contributed by atoms with Crippen molar-refractivity contribution in [3.05, 3.63) is 23.0 Å². The maximum absolute atomic E-state index is 9.19. The van der Waals surface area contributed by atoms with Gasteiger partial charge in [0, 0.05) is 12.2 Å². The second kappa shape index (κ2) is 5.83. The number of rotatable bonds is 3. The average molecular weight is 244 g/mol. The van der Waals surface area contributed by atoms with Crippen LogP contribution >= 0.6 is 0 Å². The summed E-state index contributed by atoms with van der Waals surface area (Å²) in [5, 5.41) is 16.0. The van der Waals surface area contributed by atoms with E-state index >= 15 is 0 Å². The molecule has 2 N–H and O–H groups in total. The second-order valence-electron chi connectivity index (χ2n) is 4.96. The van der Waals surface area contributed by atoms with Crippen molar-refractivity contribution < 1.29 is 0 Å². The monoisotopic (exact) mass is 244 g/mol. The van der Waals surface area contributed by atoms with Crippen molar-refractivity contribution in [1.82, 2.24) is 10.3 Å². The van der Waals surface area contributed by atoms with Crippen LogP contribution < -0.4 is 10.6 Å². The van der Waals surface area contributed by atoms with Gasteiger partial charge in [-0.15, -0.1) is 0 Å². The van der Waals surface area contributed by atoms with E-state index in [2.05, 4.69) is 21.7 Å². The lowest BCUT2D eigenvalue weighted by molar-refractivity contribution is 0.390. The third kappa shape index (κ3) is 2.99. The molecule has 1 aromatic heterocycles. The Kier molecular flexibility index (Phi) is 4.16. The first kappa shape index (κ1) is 12.8. The zero-order valence-corrected chi connectivity index (χ0v) is 11.1. The van der Waals surface area contributed by atoms with Gasteiger partial charge in [-0.25, -0.2) is 0 Å². The summed E-state index contributed by atoms with van der Waals surface area (Å²) in [6.45, 7) is 7.00. The summed E-state index contributed by atoms with van der Waals surface area (Å²) < 4.78 is 0. The number of nitrogens with one attached hydrogen (secondary N) is 2. The number of hydrogen-bond acceptors (Lipinski definition) is 4. The van der Waals surface area contributed by atoms with Crippen LogP contribution in [0.5, 0.6) is 0 Å². The van der Waals surface area contributed by atoms with Crippen molar-refractivity contribution in [2.45, 2.75) is 26.7 Å². The molecule has 4 nitrogen and oxygen atoms in total. The molecule has 0 amide bonds. The van der Waals surface area contributed by atoms with E-state index in [-0.39, 0.29) is 0 Å². The third-order valence-electron chi connectivity index (χ3n) is 3.48. The molecule has 96 valence electrons. The lowest BCUT2D eigenvalue weighted by Gasteiger charge is -2.23. The van der Waals surface area contributed by atoms with Crippen LogP contribution in [0.25, 0.3) is 0 Å². The van der Waals surface area contributed by atoms with Gasteiger partial charge in [0.05, 0.1) is 16.9 Å². The zero-order chi connectivity index (χ0) is 13.0. The van der Waals surface area contributed by atoms with E-state index in [0.29, 0.717) is 11.5 Å². The van der Waals surface area contributed by atoms with Gasteiger partial charge in [0.1, 0.15) is 6.07 Å². The van der Waals surface area contributed by atoms with Crippen LogP contribution in [0.3, 0.4) is 0 Å². The highest BCUT2D eigenvalue weighted by molar-refractivity contribution is 5.59. The Morgan fingerprint density at radius 2 is 2.17 bits per heavy atom. The molecule has 0 atom stereocenters. The molecule has 0 radical (unpaired) electrons. The zero-order valence-electron chi connectivity index (χ0n) is 11.1. The van der Waals surface area contributed by atoms with E-state index in [1.54, 1.807) is 0 Å². The minimum atomic E-state index is 0.675. The molecule has 2 rings (SSSR count). The minimum absolute atomic E-state index is 0.675. The Balaban J connectivity index is 2.06. The van der Waals surface area contributed by atoms with Crippen molar-refractivity contribution in [1.29, 1.82) is 5.26 Å². The fourth-order valence-electron chi connectivity index (χ4n) is 2.45. The molecule has 0 aromatic carbocycles. The van der Waals surface area contributed by atoms with Gasteiger partial charge in [-0.3, -0.25) is 4.98 Å². The summed E-state index contributed by atoms with van der Waals surface area (Å²) in [7, 11) is 0. The number of pyridine rings is 1. The molecule has 18 heavy (non-hydrogen) atoms. The standard InChI is InChI=1S/C14H20N4/c1-10-7-14(13(8-15)11(2)18-10)17-9-12-3-5-16-6-4-12/h7,12,16H,3-6,9H2,1-2H3,(H,17,18). The lowest BCUT2D eigenvalue weighted by Crippen LogP contribution is -2.31. The highest BCUT2D eigenvalue weighted by Gasteiger charge is 2.14. The summed E-state index contributed by atoms with van der Waals surface area (Å²) in [4.78, 5) is 4.33. The molecule has 1 saturated heterocycles. The molecule has 0 saturated carbocycles. The van der Waals surface area contributed by atoms with Crippen LogP contribution in [0.1, 0.15) is 29.8 Å². The number of nitriles is 1. The van der Waals surface area contributed by atoms with E-state index in [1.807, 2.05) is 19.9 Å². The van der Waals surface area contributed by atoms with Crippen LogP contribution in [0.4, 0.5) is 5.69 Å². The summed E-state index contributed by atoms with van der Waals surface area (Å²) in [5.74, 6) is 0.701. The summed E-state index contributed by atoms with van der Waals surface area (Å²) in [6, 6.07) is 4.21. The van der Waals surface area contributed by atoms with Gasteiger partial charge in [-0.2, -0.15) is 5.26 Å². The predicted molar refractivity (Wildman–Crippen MR) is 72.5 cm³/mol. The normalized spacial score (nSPS) is 16.3. The van der Waals surface area contributed by atoms with Crippen molar-refractivity contribution in [2.24, 2.45) is 5.92 Å². The number of piperidine rings is 1. The second-order valence-corrected chi connectivity index (χ2v) is 4.96. The van der Waals surface area contributed by atoms with E-state index in [4.69, 9.17) is 0 Å². The highest BCUT2D eigenvalue weighted by Crippen LogP contribution is 2.20. The van der Waals surface area contributed by atoms with Gasteiger partial charge >= 0.3 is 0 Å². The van der Waals surface area contributed by atoms with Crippen LogP contribution in [0.2, 0.25) is 0 Å². The minimum Gasteiger partial charge on any atom is -0.384 e. The summed E-state index contributed by atoms with van der Waals surface area (Å²) in [5.41, 5.74) is 3.38. The Morgan fingerprint density at radius 3 is 2.83 bits per heavy atom. The topological polar surface area (TPSA) is 60.7 Å². The van der Waals surface area contributed by atoms with Crippen LogP contribution in [0, 0.1) is 31.1 Å². The molecule has 1 aliphatic rings. The van der Waals surface area contributed by atoms with E-state index < -0.39 is 0 Å². The molecule has 4 heteroatoms. The largest absolute Gasteiger partial charge is 0.384 e. The van der Waals surface area contributed by atoms with Gasteiger partial charge in [0.15, 0.2) is 0 Å². The van der Waals surface area contributed by atoms with Crippen molar-refractivity contribution in [3.8, 4) is 6.07 Å². The smallest absolute Gasteiger partial charge is 0.103 e. The molecular formula is C14H20N4. The highest BCUT2D eigenvalue weighted by atomic mass is 14.9. The first-order valence-electron chi connectivity index (χ1n) is 6.53. The molecule has 0 spiro atoms. The maximum atomic E-state index is 9.19. The van der Waals surface area contributed by atoms with Gasteiger partial charge in [-0.1, -0.05) is 0 Å². The van der Waals surface area contributed by atoms with E-state index in [9.17, 15) is 5.26 Å². The van der Waals surface area contributed by atoms with E-state index in [0.717, 1.165) is 36.7 Å². The fraction of sp³-hybridized carbons (Fsp3) is 0.571. The van der Waals surface area contributed by atoms with Gasteiger partial charge in [0.2, 0.25) is 0 Å². The molecule has 0 bridgehead atoms. The SMILES string of the molecule is Cc1cc(NCC2CCNCC2)c(C#N)c(C)n1. The Bertz CT molecular complexity index is 456. The average Bonchev–Trinajstić information content (AvgIpc) is 2.37. The van der Waals surface area contributed by atoms with Gasteiger partial charge in [0.25, 0.3) is 0 Å². The molecule has 1 aromatic rings. The predicted octanol–water partition coefficient (Wildman–Crippen LogP) is 1.98. The van der Waals surface area contributed by atoms with Gasteiger partial charge < -0.3 is 10.6 Å². The van der Waals surface area contributed by atoms with E-state index in [1.165, 1.54) is 12.8 Å². The summed E-state index contributed by atoms with van der Waals surface area (Å²) >= 11 is 0. The quantitative estimate of drug-likeness (QED) is 0.853. The molecule has 0 unspecified atom stereocenters. The van der Waals surface area contributed by atoms with Crippen LogP contribution in [-0.2, 0) is 0 Å². The Labute approximate surface area is 108 Å². The number of aryl methyl sites for hydroxylation is 2. The molecular weight excluding hydrogens is 224 g/mol. The first-order chi connectivity index (χ1) is 8.70. The molecule has 0 aliphatic carbocycles. The Morgan fingerprint density at radius 1 is 1.44 bits per heavy atom. The number of hydrogen-bond donors (Lipinski definition) is 2. The third-order valence-corrected chi connectivity index (χ3v) is 3.48. The fourth-order valence-corrected chi connectivity index (χ4v) is 2.45. The molecule has 2 heterocycles. The molecule has 1 aliphatic heterocycles. The maximum Gasteiger partial charge on any atom is 0.103 e.